The Kier molecular flexibility index (Phi) is 7.73. The number of aliphatic hydroxyl groups is 1. The highest BCUT2D eigenvalue weighted by Gasteiger charge is 2.47. The molecule has 0 radical (unpaired) electrons. The molecular formula is C21H32FIN4O5Si. The van der Waals surface area contributed by atoms with Gasteiger partial charge < -0.3 is 23.6 Å². The number of halogens is 2. The van der Waals surface area contributed by atoms with Crippen molar-refractivity contribution in [2.45, 2.75) is 83.5 Å². The van der Waals surface area contributed by atoms with E-state index in [1.165, 1.54) is 10.9 Å². The second kappa shape index (κ2) is 9.72. The number of fused-ring (bicyclic) bond motifs is 1. The molecule has 0 aromatic carbocycles. The van der Waals surface area contributed by atoms with E-state index in [1.807, 2.05) is 0 Å². The van der Waals surface area contributed by atoms with Gasteiger partial charge in [-0.05, 0) is 54.6 Å². The number of nitrogens with one attached hydrogen (secondary N) is 1. The second-order valence-corrected chi connectivity index (χ2v) is 15.9. The molecule has 2 aromatic heterocycles. The molecule has 0 bridgehead atoms. The molecule has 2 aromatic rings. The van der Waals surface area contributed by atoms with Crippen molar-refractivity contribution in [2.75, 3.05) is 11.9 Å². The number of carbonyl (C=O) groups is 1. The van der Waals surface area contributed by atoms with Crippen molar-refractivity contribution in [3.63, 3.8) is 0 Å². The number of alkyl halides is 1. The predicted octanol–water partition coefficient (Wildman–Crippen LogP) is 4.61. The van der Waals surface area contributed by atoms with Crippen LogP contribution in [-0.2, 0) is 13.9 Å². The highest BCUT2D eigenvalue weighted by atomic mass is 127. The van der Waals surface area contributed by atoms with Gasteiger partial charge in [0.15, 0.2) is 20.7 Å². The first-order valence-corrected chi connectivity index (χ1v) is 14.8. The van der Waals surface area contributed by atoms with Crippen LogP contribution < -0.4 is 5.32 Å². The fourth-order valence-electron chi connectivity index (χ4n) is 3.24. The molecule has 3 heterocycles. The van der Waals surface area contributed by atoms with Crippen LogP contribution in [0.2, 0.25) is 18.1 Å². The maximum absolute atomic E-state index is 15.2. The van der Waals surface area contributed by atoms with E-state index in [9.17, 15) is 9.90 Å². The van der Waals surface area contributed by atoms with Crippen LogP contribution in [0.25, 0.3) is 11.0 Å². The normalized spacial score (nSPS) is 24.0. The average molecular weight is 594 g/mol. The second-order valence-electron chi connectivity index (χ2n) is 9.96. The number of ether oxygens (including phenoxy) is 2. The number of rotatable bonds is 6. The Morgan fingerprint density at radius 3 is 2.67 bits per heavy atom. The third-order valence-corrected chi connectivity index (χ3v) is 11.4. The van der Waals surface area contributed by atoms with E-state index < -0.39 is 39.0 Å². The highest BCUT2D eigenvalue weighted by Crippen LogP contribution is 2.40. The molecule has 3 rings (SSSR count). The number of aliphatic hydroxyl groups excluding tert-OH is 1. The number of aromatic nitrogens is 3. The van der Waals surface area contributed by atoms with Gasteiger partial charge in [-0.25, -0.2) is 19.2 Å². The molecule has 0 unspecified atom stereocenters. The van der Waals surface area contributed by atoms with E-state index in [0.717, 1.165) is 0 Å². The lowest BCUT2D eigenvalue weighted by Gasteiger charge is -2.37. The molecule has 1 fully saturated rings. The molecule has 1 amide bonds. The fourth-order valence-corrected chi connectivity index (χ4v) is 5.05. The van der Waals surface area contributed by atoms with E-state index in [-0.39, 0.29) is 23.6 Å². The van der Waals surface area contributed by atoms with Gasteiger partial charge in [-0.2, -0.15) is 0 Å². The largest absolute Gasteiger partial charge is 0.447 e. The van der Waals surface area contributed by atoms with Crippen molar-refractivity contribution in [2.24, 2.45) is 0 Å². The first-order chi connectivity index (χ1) is 15.2. The summed E-state index contributed by atoms with van der Waals surface area (Å²) in [5, 5.41) is 13.7. The van der Waals surface area contributed by atoms with Crippen LogP contribution in [-0.4, -0.2) is 65.1 Å². The minimum Gasteiger partial charge on any atom is -0.447 e. The van der Waals surface area contributed by atoms with Gasteiger partial charge in [-0.3, -0.25) is 5.32 Å². The lowest BCUT2D eigenvalue weighted by atomic mass is 10.1. The third-order valence-electron chi connectivity index (χ3n) is 6.11. The van der Waals surface area contributed by atoms with E-state index >= 15 is 4.39 Å². The van der Waals surface area contributed by atoms with Gasteiger partial charge in [0.05, 0.1) is 18.1 Å². The standard InChI is InChI=1S/C21H32FIN4O5Si/c1-11(2)31-20(29)26-17-14-12(23)8-27(18(14)25-10-24-17)19-15(22)16(28)13(32-19)9-30-33(6,7)21(3,4)5/h8,10-11,13,15-16,19,28H,9H2,1-7H3,(H,24,25,26,29)/t13-,15+,16-,19-/m1/s1. The predicted molar refractivity (Wildman–Crippen MR) is 133 cm³/mol. The zero-order valence-corrected chi connectivity index (χ0v) is 23.1. The third kappa shape index (κ3) is 5.50. The molecule has 0 spiro atoms. The van der Waals surface area contributed by atoms with Gasteiger partial charge in [0, 0.05) is 9.77 Å². The lowest BCUT2D eigenvalue weighted by Crippen LogP contribution is -2.44. The number of anilines is 1. The fraction of sp³-hybridized carbons (Fsp3) is 0.667. The van der Waals surface area contributed by atoms with E-state index in [1.54, 1.807) is 20.0 Å². The number of amides is 1. The molecule has 12 heteroatoms. The van der Waals surface area contributed by atoms with Crippen LogP contribution in [0.1, 0.15) is 40.8 Å². The van der Waals surface area contributed by atoms with Gasteiger partial charge >= 0.3 is 6.09 Å². The first-order valence-electron chi connectivity index (χ1n) is 10.8. The number of carbonyl (C=O) groups excluding carboxylic acids is 1. The summed E-state index contributed by atoms with van der Waals surface area (Å²) < 4.78 is 34.6. The van der Waals surface area contributed by atoms with Crippen molar-refractivity contribution in [3.05, 3.63) is 16.1 Å². The molecule has 4 atom stereocenters. The molecule has 0 saturated carbocycles. The summed E-state index contributed by atoms with van der Waals surface area (Å²) in [5.41, 5.74) is 0.375. The zero-order chi connectivity index (χ0) is 24.7. The summed E-state index contributed by atoms with van der Waals surface area (Å²) in [6.07, 6.45) is -2.92. The van der Waals surface area contributed by atoms with Crippen molar-refractivity contribution in [1.29, 1.82) is 0 Å². The Bertz CT molecular complexity index is 1010. The molecule has 184 valence electrons. The Morgan fingerprint density at radius 1 is 1.39 bits per heavy atom. The molecule has 1 aliphatic heterocycles. The average Bonchev–Trinajstić information content (AvgIpc) is 3.16. The lowest BCUT2D eigenvalue weighted by molar-refractivity contribution is -0.0432. The van der Waals surface area contributed by atoms with Crippen molar-refractivity contribution >= 4 is 53.9 Å². The smallest absolute Gasteiger partial charge is 0.413 e. The monoisotopic (exact) mass is 594 g/mol. The summed E-state index contributed by atoms with van der Waals surface area (Å²) in [4.78, 5) is 20.5. The van der Waals surface area contributed by atoms with E-state index in [2.05, 4.69) is 71.7 Å². The summed E-state index contributed by atoms with van der Waals surface area (Å²) in [5.74, 6) is 0.251. The van der Waals surface area contributed by atoms with Crippen molar-refractivity contribution < 1.29 is 28.2 Å². The first kappa shape index (κ1) is 26.3. The Balaban J connectivity index is 1.84. The highest BCUT2D eigenvalue weighted by molar-refractivity contribution is 14.1. The van der Waals surface area contributed by atoms with Gasteiger partial charge in [-0.15, -0.1) is 0 Å². The van der Waals surface area contributed by atoms with Gasteiger partial charge in [0.25, 0.3) is 0 Å². The maximum Gasteiger partial charge on any atom is 0.413 e. The van der Waals surface area contributed by atoms with E-state index in [4.69, 9.17) is 13.9 Å². The summed E-state index contributed by atoms with van der Waals surface area (Å²) in [6.45, 7) is 14.1. The quantitative estimate of drug-likeness (QED) is 0.372. The van der Waals surface area contributed by atoms with Gasteiger partial charge in [-0.1, -0.05) is 20.8 Å². The van der Waals surface area contributed by atoms with Gasteiger partial charge in [0.2, 0.25) is 0 Å². The molecule has 0 aliphatic carbocycles. The molecule has 2 N–H and O–H groups in total. The summed E-state index contributed by atoms with van der Waals surface area (Å²) in [7, 11) is -2.09. The SMILES string of the molecule is CC(C)OC(=O)Nc1ncnc2c1c(I)cn2[C@@H]1O[C@H](CO[Si](C)(C)C(C)(C)C)[C@@H](O)[C@@H]1F. The molecule has 9 nitrogen and oxygen atoms in total. The van der Waals surface area contributed by atoms with Crippen LogP contribution in [0.3, 0.4) is 0 Å². The maximum atomic E-state index is 15.2. The minimum absolute atomic E-state index is 0.0190. The minimum atomic E-state index is -2.09. The van der Waals surface area contributed by atoms with Crippen LogP contribution in [0.5, 0.6) is 0 Å². The number of hydrogen-bond donors (Lipinski definition) is 2. The Morgan fingerprint density at radius 2 is 2.06 bits per heavy atom. The van der Waals surface area contributed by atoms with Crippen LogP contribution in [0.15, 0.2) is 12.5 Å². The Labute approximate surface area is 207 Å². The van der Waals surface area contributed by atoms with Crippen LogP contribution >= 0.6 is 22.6 Å². The summed E-state index contributed by atoms with van der Waals surface area (Å²) >= 11 is 2.06. The molecule has 33 heavy (non-hydrogen) atoms. The van der Waals surface area contributed by atoms with Crippen LogP contribution in [0.4, 0.5) is 15.0 Å². The number of hydrogen-bond acceptors (Lipinski definition) is 7. The Hall–Kier alpha value is -1.35. The zero-order valence-electron chi connectivity index (χ0n) is 19.9. The van der Waals surface area contributed by atoms with Crippen molar-refractivity contribution in [3.8, 4) is 0 Å². The van der Waals surface area contributed by atoms with Gasteiger partial charge in [0.1, 0.15) is 30.0 Å². The van der Waals surface area contributed by atoms with E-state index in [0.29, 0.717) is 14.6 Å². The molecular weight excluding hydrogens is 562 g/mol. The molecule has 1 aliphatic rings. The van der Waals surface area contributed by atoms with Crippen molar-refractivity contribution in [1.82, 2.24) is 14.5 Å². The topological polar surface area (TPSA) is 108 Å². The van der Waals surface area contributed by atoms with Crippen LogP contribution in [0, 0.1) is 3.57 Å². The summed E-state index contributed by atoms with van der Waals surface area (Å²) in [6, 6.07) is 0. The molecule has 1 saturated heterocycles. The number of nitrogens with zero attached hydrogens (tertiary/aromatic N) is 3.